The maximum atomic E-state index is 13.8. The number of benzene rings is 1. The van der Waals surface area contributed by atoms with Crippen LogP contribution < -0.4 is 5.32 Å². The molecule has 1 aromatic carbocycles. The highest BCUT2D eigenvalue weighted by molar-refractivity contribution is 5.81. The van der Waals surface area contributed by atoms with Crippen molar-refractivity contribution in [1.29, 1.82) is 0 Å². The number of ether oxygens (including phenoxy) is 2. The molecular weight excluding hydrogens is 534 g/mol. The summed E-state index contributed by atoms with van der Waals surface area (Å²) in [5, 5.41) is 13.7. The molecule has 1 aliphatic heterocycles. The van der Waals surface area contributed by atoms with E-state index in [0.29, 0.717) is 13.0 Å². The normalized spacial score (nSPS) is 20.4. The van der Waals surface area contributed by atoms with Gasteiger partial charge >= 0.3 is 0 Å². The number of amides is 3. The van der Waals surface area contributed by atoms with Crippen molar-refractivity contribution in [2.75, 3.05) is 27.8 Å². The van der Waals surface area contributed by atoms with Crippen molar-refractivity contribution in [2.24, 2.45) is 17.8 Å². The number of rotatable bonds is 16. The number of nitrogens with one attached hydrogen (secondary N) is 1. The number of carbonyl (C=O) groups excluding carboxylic acids is 3. The van der Waals surface area contributed by atoms with E-state index < -0.39 is 30.3 Å². The lowest BCUT2D eigenvalue weighted by atomic mass is 9.90. The first-order valence-electron chi connectivity index (χ1n) is 15.5. The number of likely N-dealkylation sites (N-methyl/N-ethyl adjacent to an activating group) is 1. The van der Waals surface area contributed by atoms with Gasteiger partial charge in [-0.05, 0) is 37.2 Å². The molecule has 8 atom stereocenters. The van der Waals surface area contributed by atoms with Crippen LogP contribution in [0.2, 0.25) is 0 Å². The largest absolute Gasteiger partial charge is 0.386 e. The van der Waals surface area contributed by atoms with Crippen molar-refractivity contribution in [3.05, 3.63) is 35.9 Å². The molecule has 2 unspecified atom stereocenters. The van der Waals surface area contributed by atoms with Gasteiger partial charge in [-0.2, -0.15) is 0 Å². The summed E-state index contributed by atoms with van der Waals surface area (Å²) >= 11 is 0. The Kier molecular flexibility index (Phi) is 14.4. The Morgan fingerprint density at radius 3 is 2.24 bits per heavy atom. The van der Waals surface area contributed by atoms with Gasteiger partial charge in [0.1, 0.15) is 0 Å². The third-order valence-corrected chi connectivity index (χ3v) is 8.87. The molecule has 0 aromatic heterocycles. The fourth-order valence-electron chi connectivity index (χ4n) is 6.19. The van der Waals surface area contributed by atoms with Crippen molar-refractivity contribution in [3.8, 4) is 0 Å². The average Bonchev–Trinajstić information content (AvgIpc) is 3.46. The molecular formula is C33H55N3O6. The fraction of sp³-hybridized carbons (Fsp3) is 0.727. The highest BCUT2D eigenvalue weighted by Crippen LogP contribution is 2.30. The molecule has 0 spiro atoms. The third kappa shape index (κ3) is 9.25. The van der Waals surface area contributed by atoms with E-state index in [-0.39, 0.29) is 48.1 Å². The molecule has 0 bridgehead atoms. The van der Waals surface area contributed by atoms with E-state index in [2.05, 4.69) is 19.2 Å². The smallest absolute Gasteiger partial charge is 0.225 e. The Morgan fingerprint density at radius 2 is 1.69 bits per heavy atom. The molecule has 9 nitrogen and oxygen atoms in total. The van der Waals surface area contributed by atoms with Gasteiger partial charge in [0.15, 0.2) is 0 Å². The van der Waals surface area contributed by atoms with E-state index in [1.165, 1.54) is 0 Å². The van der Waals surface area contributed by atoms with Gasteiger partial charge in [-0.1, -0.05) is 71.4 Å². The summed E-state index contributed by atoms with van der Waals surface area (Å²) in [7, 11) is 4.99. The lowest BCUT2D eigenvalue weighted by Crippen LogP contribution is -2.53. The van der Waals surface area contributed by atoms with E-state index in [1.807, 2.05) is 56.1 Å². The summed E-state index contributed by atoms with van der Waals surface area (Å²) in [6.07, 6.45) is 1.15. The fourth-order valence-corrected chi connectivity index (χ4v) is 6.19. The van der Waals surface area contributed by atoms with Crippen molar-refractivity contribution < 1.29 is 29.0 Å². The zero-order valence-electron chi connectivity index (χ0n) is 27.2. The number of hydrogen-bond acceptors (Lipinski definition) is 6. The SMILES string of the molecule is CCC(C)[C@@H]([C@@H](CC(=O)N1CCC[C@H]1[C@H](OC)[C@@H](C)C(=O)NC(C)[C@@H](O)c1ccccc1)OC)N(C)C(=O)CC(C)C. The molecule has 1 aromatic rings. The van der Waals surface area contributed by atoms with Crippen molar-refractivity contribution in [2.45, 2.75) is 110 Å². The van der Waals surface area contributed by atoms with E-state index in [0.717, 1.165) is 24.8 Å². The first-order valence-corrected chi connectivity index (χ1v) is 15.5. The summed E-state index contributed by atoms with van der Waals surface area (Å²) in [4.78, 5) is 43.7. The second-order valence-corrected chi connectivity index (χ2v) is 12.4. The minimum absolute atomic E-state index is 0.0507. The Bertz CT molecular complexity index is 989. The first kappa shape index (κ1) is 35.7. The molecule has 1 saturated heterocycles. The Morgan fingerprint density at radius 1 is 1.05 bits per heavy atom. The van der Waals surface area contributed by atoms with E-state index in [9.17, 15) is 19.5 Å². The minimum atomic E-state index is -0.845. The van der Waals surface area contributed by atoms with Gasteiger partial charge in [-0.15, -0.1) is 0 Å². The molecule has 1 aliphatic rings. The highest BCUT2D eigenvalue weighted by Gasteiger charge is 2.42. The van der Waals surface area contributed by atoms with Crippen molar-refractivity contribution in [3.63, 3.8) is 0 Å². The van der Waals surface area contributed by atoms with Crippen LogP contribution in [0.5, 0.6) is 0 Å². The Labute approximate surface area is 253 Å². The quantitative estimate of drug-likeness (QED) is 0.299. The zero-order chi connectivity index (χ0) is 31.6. The summed E-state index contributed by atoms with van der Waals surface area (Å²) in [5.74, 6) is -0.424. The van der Waals surface area contributed by atoms with E-state index in [1.54, 1.807) is 33.0 Å². The molecule has 0 radical (unpaired) electrons. The predicted molar refractivity (Wildman–Crippen MR) is 165 cm³/mol. The van der Waals surface area contributed by atoms with Crippen LogP contribution in [0.1, 0.15) is 85.3 Å². The van der Waals surface area contributed by atoms with Gasteiger partial charge in [-0.25, -0.2) is 0 Å². The van der Waals surface area contributed by atoms with Gasteiger partial charge < -0.3 is 29.7 Å². The monoisotopic (exact) mass is 589 g/mol. The number of nitrogens with zero attached hydrogens (tertiary/aromatic N) is 2. The van der Waals surface area contributed by atoms with E-state index >= 15 is 0 Å². The first-order chi connectivity index (χ1) is 19.9. The van der Waals surface area contributed by atoms with Gasteiger partial charge in [0.2, 0.25) is 17.7 Å². The topological polar surface area (TPSA) is 108 Å². The Hall–Kier alpha value is -2.49. The molecule has 0 saturated carbocycles. The number of hydrogen-bond donors (Lipinski definition) is 2. The second kappa shape index (κ2) is 17.0. The van der Waals surface area contributed by atoms with Crippen LogP contribution in [0.3, 0.4) is 0 Å². The molecule has 2 N–H and O–H groups in total. The van der Waals surface area contributed by atoms with Crippen LogP contribution in [-0.2, 0) is 23.9 Å². The minimum Gasteiger partial charge on any atom is -0.386 e. The molecule has 42 heavy (non-hydrogen) atoms. The summed E-state index contributed by atoms with van der Waals surface area (Å²) in [5.41, 5.74) is 0.730. The van der Waals surface area contributed by atoms with Gasteiger partial charge in [-0.3, -0.25) is 14.4 Å². The van der Waals surface area contributed by atoms with Crippen LogP contribution in [0.25, 0.3) is 0 Å². The summed E-state index contributed by atoms with van der Waals surface area (Å²) in [6.45, 7) is 12.4. The van der Waals surface area contributed by atoms with Gasteiger partial charge in [0.25, 0.3) is 0 Å². The van der Waals surface area contributed by atoms with Gasteiger partial charge in [0.05, 0.1) is 48.8 Å². The molecule has 9 heteroatoms. The number of aliphatic hydroxyl groups is 1. The lowest BCUT2D eigenvalue weighted by molar-refractivity contribution is -0.146. The Balaban J connectivity index is 2.15. The van der Waals surface area contributed by atoms with Gasteiger partial charge in [0, 0.05) is 34.2 Å². The van der Waals surface area contributed by atoms with Crippen LogP contribution in [0.15, 0.2) is 30.3 Å². The molecule has 238 valence electrons. The third-order valence-electron chi connectivity index (χ3n) is 8.87. The van der Waals surface area contributed by atoms with Crippen LogP contribution in [-0.4, -0.2) is 90.8 Å². The van der Waals surface area contributed by atoms with Crippen molar-refractivity contribution >= 4 is 17.7 Å². The molecule has 0 aliphatic carbocycles. The van der Waals surface area contributed by atoms with Crippen molar-refractivity contribution in [1.82, 2.24) is 15.1 Å². The van der Waals surface area contributed by atoms with Crippen LogP contribution in [0.4, 0.5) is 0 Å². The number of carbonyl (C=O) groups is 3. The molecule has 3 amide bonds. The average molecular weight is 590 g/mol. The molecule has 2 rings (SSSR count). The highest BCUT2D eigenvalue weighted by atomic mass is 16.5. The summed E-state index contributed by atoms with van der Waals surface area (Å²) in [6, 6.07) is 8.22. The predicted octanol–water partition coefficient (Wildman–Crippen LogP) is 4.19. The summed E-state index contributed by atoms with van der Waals surface area (Å²) < 4.78 is 11.8. The van der Waals surface area contributed by atoms with E-state index in [4.69, 9.17) is 9.47 Å². The number of likely N-dealkylation sites (tertiary alicyclic amines) is 1. The van der Waals surface area contributed by atoms with Crippen LogP contribution in [0, 0.1) is 17.8 Å². The number of aliphatic hydroxyl groups excluding tert-OH is 1. The maximum absolute atomic E-state index is 13.8. The maximum Gasteiger partial charge on any atom is 0.225 e. The molecule has 1 fully saturated rings. The lowest BCUT2D eigenvalue weighted by Gasteiger charge is -2.39. The van der Waals surface area contributed by atoms with Crippen LogP contribution >= 0.6 is 0 Å². The molecule has 1 heterocycles. The number of methoxy groups -OCH3 is 2. The zero-order valence-corrected chi connectivity index (χ0v) is 27.2. The standard InChI is InChI=1S/C33H55N3O6/c1-10-22(4)30(35(7)28(37)19-21(2)3)27(41-8)20-29(38)36-18-14-17-26(36)32(42-9)23(5)33(40)34-24(6)31(39)25-15-12-11-13-16-25/h11-13,15-16,21-24,26-27,30-32,39H,10,14,17-20H2,1-9H3,(H,34,40)/t22?,23-,24?,26+,27-,30+,31-,32-/m1/s1. The second-order valence-electron chi connectivity index (χ2n) is 12.4.